The lowest BCUT2D eigenvalue weighted by Crippen LogP contribution is -1.71. The van der Waals surface area contributed by atoms with E-state index in [0.717, 1.165) is 9.23 Å². The number of thiophene rings is 1. The van der Waals surface area contributed by atoms with Crippen LogP contribution in [0.25, 0.3) is 10.1 Å². The van der Waals surface area contributed by atoms with Gasteiger partial charge in [0.05, 0.1) is 9.04 Å². The van der Waals surface area contributed by atoms with E-state index in [9.17, 15) is 0 Å². The third-order valence-electron chi connectivity index (χ3n) is 1.58. The largest absolute Gasteiger partial charge is 0.142 e. The topological polar surface area (TPSA) is 0 Å². The molecule has 0 aliphatic rings. The minimum atomic E-state index is 0.824. The number of rotatable bonds is 0. The van der Waals surface area contributed by atoms with Gasteiger partial charge in [-0.1, -0.05) is 11.6 Å². The van der Waals surface area contributed by atoms with Crippen LogP contribution in [0.4, 0.5) is 0 Å². The van der Waals surface area contributed by atoms with Gasteiger partial charge in [0.25, 0.3) is 0 Å². The molecule has 0 amide bonds. The maximum Gasteiger partial charge on any atom is 0.0941 e. The number of thiol groups is 1. The van der Waals surface area contributed by atoms with Crippen LogP contribution in [0.5, 0.6) is 0 Å². The van der Waals surface area contributed by atoms with Crippen molar-refractivity contribution in [1.82, 2.24) is 0 Å². The van der Waals surface area contributed by atoms with Gasteiger partial charge in [-0.25, -0.2) is 0 Å². The molecule has 2 rings (SSSR count). The highest BCUT2D eigenvalue weighted by Crippen LogP contribution is 2.36. The van der Waals surface area contributed by atoms with E-state index < -0.39 is 0 Å². The summed E-state index contributed by atoms with van der Waals surface area (Å²) in [6, 6.07) is 6.04. The fourth-order valence-corrected chi connectivity index (χ4v) is 3.33. The second-order valence-electron chi connectivity index (χ2n) is 2.36. The Hall–Kier alpha value is 0.550. The monoisotopic (exact) mass is 326 g/mol. The summed E-state index contributed by atoms with van der Waals surface area (Å²) in [4.78, 5) is 1.00. The Morgan fingerprint density at radius 3 is 2.83 bits per heavy atom. The highest BCUT2D eigenvalue weighted by Gasteiger charge is 2.05. The quantitative estimate of drug-likeness (QED) is 0.537. The molecule has 0 radical (unpaired) electrons. The van der Waals surface area contributed by atoms with Crippen molar-refractivity contribution >= 4 is 68.2 Å². The zero-order chi connectivity index (χ0) is 8.72. The maximum atomic E-state index is 5.91. The van der Waals surface area contributed by atoms with E-state index in [1.807, 2.05) is 18.2 Å². The summed E-state index contributed by atoms with van der Waals surface area (Å²) >= 11 is 14.1. The lowest BCUT2D eigenvalue weighted by Gasteiger charge is -1.95. The minimum absolute atomic E-state index is 0.824. The molecule has 0 aliphatic carbocycles. The second kappa shape index (κ2) is 3.36. The highest BCUT2D eigenvalue weighted by molar-refractivity contribution is 14.1. The third kappa shape index (κ3) is 1.47. The van der Waals surface area contributed by atoms with Crippen LogP contribution in [0.3, 0.4) is 0 Å². The van der Waals surface area contributed by atoms with Crippen LogP contribution in [0, 0.1) is 3.57 Å². The highest BCUT2D eigenvalue weighted by atomic mass is 127. The fraction of sp³-hybridized carbons (Fsp3) is 0. The van der Waals surface area contributed by atoms with Gasteiger partial charge in [0.2, 0.25) is 0 Å². The molecule has 1 aromatic heterocycles. The van der Waals surface area contributed by atoms with Crippen LogP contribution in [0.1, 0.15) is 0 Å². The third-order valence-corrected chi connectivity index (χ3v) is 4.34. The van der Waals surface area contributed by atoms with Crippen LogP contribution in [-0.4, -0.2) is 0 Å². The van der Waals surface area contributed by atoms with Gasteiger partial charge in [0, 0.05) is 13.9 Å². The summed E-state index contributed by atoms with van der Waals surface area (Å²) < 4.78 is 3.23. The number of halogens is 2. The molecule has 0 N–H and O–H groups in total. The average Bonchev–Trinajstić information content (AvgIpc) is 2.41. The number of hydrogen-bond donors (Lipinski definition) is 1. The Bertz CT molecular complexity index is 397. The van der Waals surface area contributed by atoms with Gasteiger partial charge in [-0.2, -0.15) is 0 Å². The molecule has 4 heteroatoms. The van der Waals surface area contributed by atoms with E-state index in [-0.39, 0.29) is 0 Å². The van der Waals surface area contributed by atoms with Gasteiger partial charge in [0.15, 0.2) is 0 Å². The molecule has 0 atom stereocenters. The van der Waals surface area contributed by atoms with Gasteiger partial charge in [-0.05, 0) is 40.8 Å². The summed E-state index contributed by atoms with van der Waals surface area (Å²) in [5.41, 5.74) is 0. The van der Waals surface area contributed by atoms with Gasteiger partial charge >= 0.3 is 0 Å². The molecule has 0 spiro atoms. The molecular formula is C8H4ClIS2. The predicted molar refractivity (Wildman–Crippen MR) is 66.8 cm³/mol. The summed E-state index contributed by atoms with van der Waals surface area (Å²) in [6.07, 6.45) is 0. The molecule has 12 heavy (non-hydrogen) atoms. The lowest BCUT2D eigenvalue weighted by atomic mass is 10.3. The lowest BCUT2D eigenvalue weighted by molar-refractivity contribution is 1.58. The van der Waals surface area contributed by atoms with Crippen LogP contribution in [-0.2, 0) is 0 Å². The van der Waals surface area contributed by atoms with Crippen LogP contribution >= 0.6 is 58.2 Å². The second-order valence-corrected chi connectivity index (χ2v) is 5.69. The molecule has 0 saturated carbocycles. The van der Waals surface area contributed by atoms with Crippen molar-refractivity contribution in [1.29, 1.82) is 0 Å². The molecule has 2 aromatic rings. The SMILES string of the molecule is Sc1ccc(I)c2cc(Cl)sc12. The minimum Gasteiger partial charge on any atom is -0.142 e. The van der Waals surface area contributed by atoms with Crippen molar-refractivity contribution in [3.05, 3.63) is 26.1 Å². The number of benzene rings is 1. The Morgan fingerprint density at radius 1 is 1.42 bits per heavy atom. The zero-order valence-corrected chi connectivity index (χ0v) is 10.5. The molecule has 0 fully saturated rings. The van der Waals surface area contributed by atoms with Crippen LogP contribution in [0.2, 0.25) is 4.34 Å². The first-order chi connectivity index (χ1) is 5.68. The number of fused-ring (bicyclic) bond motifs is 1. The first kappa shape index (κ1) is 9.12. The smallest absolute Gasteiger partial charge is 0.0941 e. The fourth-order valence-electron chi connectivity index (χ4n) is 1.05. The van der Waals surface area contributed by atoms with Gasteiger partial charge in [-0.15, -0.1) is 24.0 Å². The van der Waals surface area contributed by atoms with Crippen molar-refractivity contribution in [2.45, 2.75) is 4.90 Å². The van der Waals surface area contributed by atoms with Crippen LogP contribution < -0.4 is 0 Å². The molecule has 0 nitrogen and oxygen atoms in total. The van der Waals surface area contributed by atoms with Crippen molar-refractivity contribution < 1.29 is 0 Å². The van der Waals surface area contributed by atoms with E-state index in [0.29, 0.717) is 0 Å². The van der Waals surface area contributed by atoms with E-state index in [1.165, 1.54) is 13.7 Å². The van der Waals surface area contributed by atoms with Gasteiger partial charge in [-0.3, -0.25) is 0 Å². The summed E-state index contributed by atoms with van der Waals surface area (Å²) in [5, 5.41) is 1.21. The van der Waals surface area contributed by atoms with E-state index in [2.05, 4.69) is 35.2 Å². The van der Waals surface area contributed by atoms with Gasteiger partial charge in [0.1, 0.15) is 0 Å². The van der Waals surface area contributed by atoms with Crippen molar-refractivity contribution in [3.63, 3.8) is 0 Å². The molecule has 62 valence electrons. The van der Waals surface area contributed by atoms with E-state index in [1.54, 1.807) is 11.3 Å². The summed E-state index contributed by atoms with van der Waals surface area (Å²) in [7, 11) is 0. The number of hydrogen-bond acceptors (Lipinski definition) is 2. The Labute approximate surface area is 98.5 Å². The first-order valence-electron chi connectivity index (χ1n) is 3.25. The van der Waals surface area contributed by atoms with Crippen molar-refractivity contribution in [2.75, 3.05) is 0 Å². The van der Waals surface area contributed by atoms with Gasteiger partial charge < -0.3 is 0 Å². The van der Waals surface area contributed by atoms with Crippen molar-refractivity contribution in [2.24, 2.45) is 0 Å². The molecule has 0 unspecified atom stereocenters. The summed E-state index contributed by atoms with van der Waals surface area (Å²) in [6.45, 7) is 0. The molecule has 0 saturated heterocycles. The normalized spacial score (nSPS) is 10.9. The molecule has 0 bridgehead atoms. The maximum absolute atomic E-state index is 5.91. The first-order valence-corrected chi connectivity index (χ1v) is 5.97. The summed E-state index contributed by atoms with van der Waals surface area (Å²) in [5.74, 6) is 0. The Morgan fingerprint density at radius 2 is 2.17 bits per heavy atom. The molecule has 0 aliphatic heterocycles. The molecule has 1 heterocycles. The van der Waals surface area contributed by atoms with Crippen LogP contribution in [0.15, 0.2) is 23.1 Å². The van der Waals surface area contributed by atoms with E-state index in [4.69, 9.17) is 11.6 Å². The molecule has 1 aromatic carbocycles. The average molecular weight is 327 g/mol. The Kier molecular flexibility index (Phi) is 2.56. The zero-order valence-electron chi connectivity index (χ0n) is 5.84. The molecular weight excluding hydrogens is 323 g/mol. The van der Waals surface area contributed by atoms with E-state index >= 15 is 0 Å². The van der Waals surface area contributed by atoms with Crippen molar-refractivity contribution in [3.8, 4) is 0 Å². The Balaban J connectivity index is 2.93. The predicted octanol–water partition coefficient (Wildman–Crippen LogP) is 4.45. The standard InChI is InChI=1S/C8H4ClIS2/c9-7-3-4-5(10)1-2-6(11)8(4)12-7/h1-3,11H.